The highest BCUT2D eigenvalue weighted by Gasteiger charge is 2.22. The van der Waals surface area contributed by atoms with Gasteiger partial charge in [-0.05, 0) is 54.8 Å². The van der Waals surface area contributed by atoms with Gasteiger partial charge in [-0.1, -0.05) is 48.0 Å². The molecule has 0 atom stereocenters. The fraction of sp³-hybridized carbons (Fsp3) is 0.185. The lowest BCUT2D eigenvalue weighted by molar-refractivity contribution is 0.0735. The number of benzene rings is 3. The summed E-state index contributed by atoms with van der Waals surface area (Å²) in [5.41, 5.74) is 5.69. The van der Waals surface area contributed by atoms with Gasteiger partial charge in [0.05, 0.1) is 17.8 Å². The molecule has 0 bridgehead atoms. The molecule has 1 aliphatic heterocycles. The molecule has 4 aromatic rings. The fourth-order valence-corrected chi connectivity index (χ4v) is 4.44. The molecule has 0 saturated heterocycles. The summed E-state index contributed by atoms with van der Waals surface area (Å²) in [7, 11) is 0. The molecule has 3 aromatic carbocycles. The van der Waals surface area contributed by atoms with Crippen molar-refractivity contribution in [1.29, 1.82) is 0 Å². The zero-order valence-electron chi connectivity index (χ0n) is 17.8. The van der Waals surface area contributed by atoms with Gasteiger partial charge in [0, 0.05) is 40.7 Å². The summed E-state index contributed by atoms with van der Waals surface area (Å²) in [5.74, 6) is 0.744. The maximum Gasteiger partial charge on any atom is 0.254 e. The van der Waals surface area contributed by atoms with Crippen LogP contribution in [0.5, 0.6) is 5.75 Å². The summed E-state index contributed by atoms with van der Waals surface area (Å²) in [6.07, 6.45) is 0.879. The van der Waals surface area contributed by atoms with Crippen molar-refractivity contribution >= 4 is 28.4 Å². The normalized spacial score (nSPS) is 13.1. The van der Waals surface area contributed by atoms with Crippen molar-refractivity contribution in [2.75, 3.05) is 13.2 Å². The predicted molar refractivity (Wildman–Crippen MR) is 128 cm³/mol. The summed E-state index contributed by atoms with van der Waals surface area (Å²) in [6.45, 7) is 3.83. The highest BCUT2D eigenvalue weighted by atomic mass is 35.5. The first-order valence-electron chi connectivity index (χ1n) is 10.8. The molecule has 1 amide bonds. The van der Waals surface area contributed by atoms with E-state index >= 15 is 0 Å². The minimum absolute atomic E-state index is 0.0303. The number of fused-ring (bicyclic) bond motifs is 2. The Hall–Kier alpha value is -3.37. The molecule has 1 aromatic heterocycles. The summed E-state index contributed by atoms with van der Waals surface area (Å²) in [6, 6.07) is 23.5. The van der Waals surface area contributed by atoms with Gasteiger partial charge < -0.3 is 9.64 Å². The minimum atomic E-state index is 0.0303. The second-order valence-corrected chi connectivity index (χ2v) is 8.36. The fourth-order valence-electron chi connectivity index (χ4n) is 4.25. The van der Waals surface area contributed by atoms with Crippen molar-refractivity contribution in [2.45, 2.75) is 19.9 Å². The number of hydrogen-bond acceptors (Lipinski definition) is 3. The first-order chi connectivity index (χ1) is 15.6. The maximum atomic E-state index is 13.3. The quantitative estimate of drug-likeness (QED) is 0.380. The van der Waals surface area contributed by atoms with Crippen molar-refractivity contribution in [3.63, 3.8) is 0 Å². The van der Waals surface area contributed by atoms with Crippen molar-refractivity contribution in [3.05, 3.63) is 94.5 Å². The molecule has 4 nitrogen and oxygen atoms in total. The molecule has 2 heterocycles. The Labute approximate surface area is 192 Å². The molecule has 1 aliphatic rings. The van der Waals surface area contributed by atoms with Gasteiger partial charge in [-0.3, -0.25) is 4.79 Å². The standard InChI is InChI=1S/C27H23ClN2O2/c1-2-32-26-16-25(19-8-5-9-22(28)14-19)29-24-11-10-20(15-23(24)26)27(31)30-13-12-18-6-3-4-7-21(18)17-30/h3-11,14-16H,2,12-13,17H2,1H3. The number of hydrogen-bond donors (Lipinski definition) is 0. The van der Waals surface area contributed by atoms with Gasteiger partial charge in [0.1, 0.15) is 5.75 Å². The molecular formula is C27H23ClN2O2. The molecular weight excluding hydrogens is 420 g/mol. The van der Waals surface area contributed by atoms with Crippen LogP contribution >= 0.6 is 11.6 Å². The molecule has 160 valence electrons. The van der Waals surface area contributed by atoms with Crippen molar-refractivity contribution in [2.24, 2.45) is 0 Å². The van der Waals surface area contributed by atoms with E-state index in [0.717, 1.165) is 35.1 Å². The van der Waals surface area contributed by atoms with E-state index in [4.69, 9.17) is 21.3 Å². The van der Waals surface area contributed by atoms with Crippen LogP contribution in [-0.4, -0.2) is 28.9 Å². The Morgan fingerprint density at radius 1 is 1.03 bits per heavy atom. The summed E-state index contributed by atoms with van der Waals surface area (Å²) >= 11 is 6.17. The van der Waals surface area contributed by atoms with E-state index in [1.54, 1.807) is 0 Å². The van der Waals surface area contributed by atoms with Gasteiger partial charge in [-0.15, -0.1) is 0 Å². The Morgan fingerprint density at radius 2 is 1.88 bits per heavy atom. The molecule has 0 saturated carbocycles. The van der Waals surface area contributed by atoms with Crippen LogP contribution < -0.4 is 4.74 Å². The lowest BCUT2D eigenvalue weighted by Gasteiger charge is -2.29. The molecule has 0 N–H and O–H groups in total. The number of rotatable bonds is 4. The number of halogens is 1. The van der Waals surface area contributed by atoms with Crippen LogP contribution in [0, 0.1) is 0 Å². The lowest BCUT2D eigenvalue weighted by Crippen LogP contribution is -2.35. The van der Waals surface area contributed by atoms with Crippen LogP contribution in [0.2, 0.25) is 5.02 Å². The van der Waals surface area contributed by atoms with Gasteiger partial charge in [-0.2, -0.15) is 0 Å². The Balaban J connectivity index is 1.51. The van der Waals surface area contributed by atoms with E-state index in [1.807, 2.05) is 66.4 Å². The van der Waals surface area contributed by atoms with Crippen LogP contribution in [0.1, 0.15) is 28.4 Å². The Bertz CT molecular complexity index is 1320. The summed E-state index contributed by atoms with van der Waals surface area (Å²) in [4.78, 5) is 20.0. The van der Waals surface area contributed by atoms with E-state index < -0.39 is 0 Å². The van der Waals surface area contributed by atoms with E-state index in [2.05, 4.69) is 18.2 Å². The second kappa shape index (κ2) is 8.64. The zero-order chi connectivity index (χ0) is 22.1. The number of pyridine rings is 1. The highest BCUT2D eigenvalue weighted by Crippen LogP contribution is 2.32. The third-order valence-electron chi connectivity index (χ3n) is 5.86. The van der Waals surface area contributed by atoms with E-state index in [0.29, 0.717) is 29.5 Å². The molecule has 5 heteroatoms. The first-order valence-corrected chi connectivity index (χ1v) is 11.2. The lowest BCUT2D eigenvalue weighted by atomic mass is 9.99. The summed E-state index contributed by atoms with van der Waals surface area (Å²) in [5, 5.41) is 1.49. The van der Waals surface area contributed by atoms with Gasteiger partial charge in [0.25, 0.3) is 5.91 Å². The number of aromatic nitrogens is 1. The SMILES string of the molecule is CCOc1cc(-c2cccc(Cl)c2)nc2ccc(C(=O)N3CCc4ccccc4C3)cc12. The molecule has 0 fully saturated rings. The van der Waals surface area contributed by atoms with E-state index in [9.17, 15) is 4.79 Å². The van der Waals surface area contributed by atoms with Crippen LogP contribution in [0.15, 0.2) is 72.8 Å². The second-order valence-electron chi connectivity index (χ2n) is 7.93. The topological polar surface area (TPSA) is 42.4 Å². The smallest absolute Gasteiger partial charge is 0.254 e. The average Bonchev–Trinajstić information content (AvgIpc) is 2.83. The van der Waals surface area contributed by atoms with Crippen LogP contribution in [0.4, 0.5) is 0 Å². The Morgan fingerprint density at radius 3 is 2.69 bits per heavy atom. The third-order valence-corrected chi connectivity index (χ3v) is 6.09. The zero-order valence-corrected chi connectivity index (χ0v) is 18.6. The Kier molecular flexibility index (Phi) is 5.54. The molecule has 0 aliphatic carbocycles. The number of ether oxygens (including phenoxy) is 1. The first kappa shape index (κ1) is 20.5. The van der Waals surface area contributed by atoms with Crippen LogP contribution in [-0.2, 0) is 13.0 Å². The molecule has 0 unspecified atom stereocenters. The molecule has 32 heavy (non-hydrogen) atoms. The van der Waals surface area contributed by atoms with E-state index in [-0.39, 0.29) is 5.91 Å². The highest BCUT2D eigenvalue weighted by molar-refractivity contribution is 6.30. The summed E-state index contributed by atoms with van der Waals surface area (Å²) < 4.78 is 5.94. The van der Waals surface area contributed by atoms with Crippen LogP contribution in [0.3, 0.4) is 0 Å². The molecule has 0 spiro atoms. The van der Waals surface area contributed by atoms with Crippen molar-refractivity contribution in [3.8, 4) is 17.0 Å². The largest absolute Gasteiger partial charge is 0.493 e. The van der Waals surface area contributed by atoms with Gasteiger partial charge >= 0.3 is 0 Å². The maximum absolute atomic E-state index is 13.3. The number of carbonyl (C=O) groups excluding carboxylic acids is 1. The number of carbonyl (C=O) groups is 1. The minimum Gasteiger partial charge on any atom is -0.493 e. The van der Waals surface area contributed by atoms with Crippen molar-refractivity contribution < 1.29 is 9.53 Å². The third kappa shape index (κ3) is 3.94. The molecule has 0 radical (unpaired) electrons. The average molecular weight is 443 g/mol. The molecule has 5 rings (SSSR count). The van der Waals surface area contributed by atoms with Gasteiger partial charge in [0.15, 0.2) is 0 Å². The van der Waals surface area contributed by atoms with E-state index in [1.165, 1.54) is 11.1 Å². The van der Waals surface area contributed by atoms with Gasteiger partial charge in [0.2, 0.25) is 0 Å². The predicted octanol–water partition coefficient (Wildman–Crippen LogP) is 6.15. The number of nitrogens with zero attached hydrogens (tertiary/aromatic N) is 2. The van der Waals surface area contributed by atoms with Crippen LogP contribution in [0.25, 0.3) is 22.2 Å². The number of amides is 1. The van der Waals surface area contributed by atoms with Gasteiger partial charge in [-0.25, -0.2) is 4.98 Å². The monoisotopic (exact) mass is 442 g/mol. The van der Waals surface area contributed by atoms with Crippen molar-refractivity contribution in [1.82, 2.24) is 9.88 Å².